The first-order valence-electron chi connectivity index (χ1n) is 6.32. The zero-order valence-corrected chi connectivity index (χ0v) is 10.9. The first-order chi connectivity index (χ1) is 8.49. The number of carbonyl (C=O) groups is 1. The molecule has 98 valence electrons. The van der Waals surface area contributed by atoms with Crippen LogP contribution in [-0.2, 0) is 11.3 Å². The van der Waals surface area contributed by atoms with Crippen molar-refractivity contribution in [3.8, 4) is 5.75 Å². The van der Waals surface area contributed by atoms with Crippen LogP contribution in [0.25, 0.3) is 0 Å². The van der Waals surface area contributed by atoms with Crippen LogP contribution < -0.4 is 15.8 Å². The van der Waals surface area contributed by atoms with Gasteiger partial charge in [-0.2, -0.15) is 0 Å². The molecule has 0 spiro atoms. The molecule has 1 saturated carbocycles. The summed E-state index contributed by atoms with van der Waals surface area (Å²) in [7, 11) is 0. The normalized spacial score (nSPS) is 16.4. The molecule has 18 heavy (non-hydrogen) atoms. The highest BCUT2D eigenvalue weighted by atomic mass is 16.5. The lowest BCUT2D eigenvalue weighted by Gasteiger charge is -2.12. The van der Waals surface area contributed by atoms with Gasteiger partial charge in [0.25, 0.3) is 0 Å². The Kier molecular flexibility index (Phi) is 3.57. The molecule has 3 N–H and O–H groups in total. The van der Waals surface area contributed by atoms with E-state index < -0.39 is 5.54 Å². The second-order valence-electron chi connectivity index (χ2n) is 5.15. The molecular formula is C14H20N2O2. The molecule has 0 heterocycles. The van der Waals surface area contributed by atoms with Crippen molar-refractivity contribution in [3.05, 3.63) is 29.8 Å². The number of rotatable bonds is 5. The van der Waals surface area contributed by atoms with E-state index in [1.165, 1.54) is 0 Å². The fourth-order valence-corrected chi connectivity index (χ4v) is 1.68. The quantitative estimate of drug-likeness (QED) is 0.831. The second-order valence-corrected chi connectivity index (χ2v) is 5.15. The molecule has 0 bridgehead atoms. The monoisotopic (exact) mass is 248 g/mol. The first kappa shape index (κ1) is 12.9. The number of carbonyl (C=O) groups excluding carboxylic acids is 1. The average Bonchev–Trinajstić information content (AvgIpc) is 3.07. The van der Waals surface area contributed by atoms with Crippen LogP contribution in [0.2, 0.25) is 0 Å². The van der Waals surface area contributed by atoms with Gasteiger partial charge in [-0.1, -0.05) is 12.1 Å². The van der Waals surface area contributed by atoms with Gasteiger partial charge in [0.05, 0.1) is 11.6 Å². The van der Waals surface area contributed by atoms with E-state index in [1.807, 2.05) is 38.1 Å². The summed E-state index contributed by atoms with van der Waals surface area (Å²) in [6, 6.07) is 7.73. The van der Waals surface area contributed by atoms with Crippen LogP contribution in [0.4, 0.5) is 0 Å². The number of hydrogen-bond donors (Lipinski definition) is 2. The minimum absolute atomic E-state index is 0.0509. The van der Waals surface area contributed by atoms with Gasteiger partial charge in [-0.3, -0.25) is 4.79 Å². The van der Waals surface area contributed by atoms with Gasteiger partial charge in [-0.25, -0.2) is 0 Å². The maximum absolute atomic E-state index is 11.7. The number of amides is 1. The molecular weight excluding hydrogens is 228 g/mol. The molecule has 1 aromatic rings. The van der Waals surface area contributed by atoms with E-state index in [9.17, 15) is 4.79 Å². The molecule has 0 unspecified atom stereocenters. The highest BCUT2D eigenvalue weighted by Gasteiger charge is 2.45. The van der Waals surface area contributed by atoms with Gasteiger partial charge in [0.1, 0.15) is 5.75 Å². The molecule has 0 radical (unpaired) electrons. The second kappa shape index (κ2) is 4.98. The minimum Gasteiger partial charge on any atom is -0.491 e. The van der Waals surface area contributed by atoms with Crippen LogP contribution in [0.15, 0.2) is 24.3 Å². The minimum atomic E-state index is -0.597. The van der Waals surface area contributed by atoms with E-state index in [-0.39, 0.29) is 12.0 Å². The van der Waals surface area contributed by atoms with Crippen LogP contribution in [0.5, 0.6) is 5.75 Å². The Balaban J connectivity index is 1.84. The van der Waals surface area contributed by atoms with Crippen molar-refractivity contribution >= 4 is 5.91 Å². The lowest BCUT2D eigenvalue weighted by Crippen LogP contribution is -2.42. The van der Waals surface area contributed by atoms with Crippen LogP contribution in [-0.4, -0.2) is 17.6 Å². The summed E-state index contributed by atoms with van der Waals surface area (Å²) in [6.07, 6.45) is 1.75. The molecule has 1 amide bonds. The average molecular weight is 248 g/mol. The van der Waals surface area contributed by atoms with E-state index in [4.69, 9.17) is 10.5 Å². The van der Waals surface area contributed by atoms with Gasteiger partial charge in [0.2, 0.25) is 5.91 Å². The van der Waals surface area contributed by atoms with E-state index in [2.05, 4.69) is 5.32 Å². The summed E-state index contributed by atoms with van der Waals surface area (Å²) in [5, 5.41) is 2.86. The Morgan fingerprint density at radius 3 is 2.50 bits per heavy atom. The number of ether oxygens (including phenoxy) is 1. The third-order valence-electron chi connectivity index (χ3n) is 2.99. The van der Waals surface area contributed by atoms with Crippen molar-refractivity contribution in [2.24, 2.45) is 5.73 Å². The third kappa shape index (κ3) is 3.23. The molecule has 0 aliphatic heterocycles. The summed E-state index contributed by atoms with van der Waals surface area (Å²) in [5.74, 6) is 0.794. The fraction of sp³-hybridized carbons (Fsp3) is 0.500. The molecule has 2 rings (SSSR count). The molecule has 0 atom stereocenters. The van der Waals surface area contributed by atoms with E-state index >= 15 is 0 Å². The maximum atomic E-state index is 11.7. The van der Waals surface area contributed by atoms with Crippen molar-refractivity contribution in [2.75, 3.05) is 0 Å². The summed E-state index contributed by atoms with van der Waals surface area (Å²) >= 11 is 0. The van der Waals surface area contributed by atoms with E-state index in [1.54, 1.807) is 0 Å². The van der Waals surface area contributed by atoms with Gasteiger partial charge in [0.15, 0.2) is 0 Å². The van der Waals surface area contributed by atoms with Gasteiger partial charge >= 0.3 is 0 Å². The predicted octanol–water partition coefficient (Wildman–Crippen LogP) is 1.58. The van der Waals surface area contributed by atoms with Crippen molar-refractivity contribution < 1.29 is 9.53 Å². The topological polar surface area (TPSA) is 64.3 Å². The Bertz CT molecular complexity index is 422. The largest absolute Gasteiger partial charge is 0.491 e. The molecule has 0 saturated heterocycles. The Hall–Kier alpha value is -1.55. The third-order valence-corrected chi connectivity index (χ3v) is 2.99. The maximum Gasteiger partial charge on any atom is 0.240 e. The Labute approximate surface area is 108 Å². The zero-order valence-electron chi connectivity index (χ0n) is 10.9. The van der Waals surface area contributed by atoms with Gasteiger partial charge in [0, 0.05) is 6.54 Å². The Morgan fingerprint density at radius 2 is 2.00 bits per heavy atom. The van der Waals surface area contributed by atoms with Crippen molar-refractivity contribution in [1.82, 2.24) is 5.32 Å². The Morgan fingerprint density at radius 1 is 1.39 bits per heavy atom. The lowest BCUT2D eigenvalue weighted by molar-refractivity contribution is -0.123. The van der Waals surface area contributed by atoms with E-state index in [0.29, 0.717) is 6.54 Å². The molecule has 4 nitrogen and oxygen atoms in total. The molecule has 0 aromatic heterocycles. The number of benzene rings is 1. The van der Waals surface area contributed by atoms with Gasteiger partial charge < -0.3 is 15.8 Å². The zero-order chi connectivity index (χ0) is 13.2. The van der Waals surface area contributed by atoms with Crippen LogP contribution >= 0.6 is 0 Å². The smallest absolute Gasteiger partial charge is 0.240 e. The molecule has 1 aliphatic carbocycles. The van der Waals surface area contributed by atoms with Crippen LogP contribution in [0, 0.1) is 0 Å². The molecule has 4 heteroatoms. The number of nitrogens with two attached hydrogens (primary N) is 1. The highest BCUT2D eigenvalue weighted by molar-refractivity contribution is 5.88. The fourth-order valence-electron chi connectivity index (χ4n) is 1.68. The standard InChI is InChI=1S/C14H20N2O2/c1-10(2)18-12-5-3-11(4-6-12)9-16-13(17)14(15)7-8-14/h3-6,10H,7-9,15H2,1-2H3,(H,16,17). The molecule has 1 aromatic carbocycles. The highest BCUT2D eigenvalue weighted by Crippen LogP contribution is 2.32. The van der Waals surface area contributed by atoms with Gasteiger partial charge in [-0.15, -0.1) is 0 Å². The SMILES string of the molecule is CC(C)Oc1ccc(CNC(=O)C2(N)CC2)cc1. The number of nitrogens with one attached hydrogen (secondary N) is 1. The molecule has 1 fully saturated rings. The van der Waals surface area contributed by atoms with Gasteiger partial charge in [-0.05, 0) is 44.4 Å². The predicted molar refractivity (Wildman–Crippen MR) is 70.2 cm³/mol. The van der Waals surface area contributed by atoms with E-state index in [0.717, 1.165) is 24.2 Å². The summed E-state index contributed by atoms with van der Waals surface area (Å²) in [6.45, 7) is 4.49. The van der Waals surface area contributed by atoms with Crippen LogP contribution in [0.3, 0.4) is 0 Å². The first-order valence-corrected chi connectivity index (χ1v) is 6.32. The summed E-state index contributed by atoms with van der Waals surface area (Å²) in [4.78, 5) is 11.7. The van der Waals surface area contributed by atoms with Crippen molar-refractivity contribution in [2.45, 2.75) is 44.9 Å². The van der Waals surface area contributed by atoms with Crippen LogP contribution in [0.1, 0.15) is 32.3 Å². The van der Waals surface area contributed by atoms with Crippen molar-refractivity contribution in [3.63, 3.8) is 0 Å². The number of hydrogen-bond acceptors (Lipinski definition) is 3. The summed E-state index contributed by atoms with van der Waals surface area (Å²) < 4.78 is 5.55. The van der Waals surface area contributed by atoms with Crippen molar-refractivity contribution in [1.29, 1.82) is 0 Å². The lowest BCUT2D eigenvalue weighted by atomic mass is 10.2. The molecule has 1 aliphatic rings. The summed E-state index contributed by atoms with van der Waals surface area (Å²) in [5.41, 5.74) is 6.25.